The molecule has 0 fully saturated rings. The van der Waals surface area contributed by atoms with Crippen molar-refractivity contribution in [3.8, 4) is 23.6 Å². The van der Waals surface area contributed by atoms with E-state index in [-0.39, 0.29) is 24.5 Å². The summed E-state index contributed by atoms with van der Waals surface area (Å²) in [7, 11) is 0. The summed E-state index contributed by atoms with van der Waals surface area (Å²) >= 11 is 0. The first-order valence-electron chi connectivity index (χ1n) is 6.76. The Balaban J connectivity index is 1.82. The molecule has 1 unspecified atom stereocenters. The quantitative estimate of drug-likeness (QED) is 0.885. The minimum Gasteiger partial charge on any atom is -0.491 e. The van der Waals surface area contributed by atoms with E-state index in [2.05, 4.69) is 0 Å². The van der Waals surface area contributed by atoms with E-state index in [9.17, 15) is 9.50 Å². The Morgan fingerprint density at radius 2 is 1.57 bits per heavy atom. The Bertz CT molecular complexity index is 748. The molecule has 2 rings (SSSR count). The van der Waals surface area contributed by atoms with E-state index in [0.717, 1.165) is 6.07 Å². The summed E-state index contributed by atoms with van der Waals surface area (Å²) in [5.41, 5.74) is 0.706. The van der Waals surface area contributed by atoms with E-state index in [0.29, 0.717) is 11.3 Å². The molecule has 0 bridgehead atoms. The van der Waals surface area contributed by atoms with Gasteiger partial charge in [-0.1, -0.05) is 0 Å². The highest BCUT2D eigenvalue weighted by atomic mass is 19.1. The standard InChI is InChI=1S/C17H13FN2O3/c18-16-7-13(9-20)3-6-17(16)23-11-14(21)10-22-15-4-1-12(8-19)2-5-15/h1-7,14,21H,10-11H2. The number of aliphatic hydroxyl groups excluding tert-OH is 1. The summed E-state index contributed by atoms with van der Waals surface area (Å²) in [6.07, 6.45) is -0.958. The van der Waals surface area contributed by atoms with E-state index < -0.39 is 11.9 Å². The van der Waals surface area contributed by atoms with Crippen LogP contribution in [0, 0.1) is 28.5 Å². The van der Waals surface area contributed by atoms with E-state index in [4.69, 9.17) is 20.0 Å². The second-order valence-electron chi connectivity index (χ2n) is 4.67. The lowest BCUT2D eigenvalue weighted by atomic mass is 10.2. The molecule has 0 saturated heterocycles. The summed E-state index contributed by atoms with van der Waals surface area (Å²) in [5.74, 6) is -0.196. The van der Waals surface area contributed by atoms with Crippen LogP contribution in [-0.4, -0.2) is 24.4 Å². The highest BCUT2D eigenvalue weighted by Gasteiger charge is 2.10. The molecular weight excluding hydrogens is 299 g/mol. The zero-order valence-corrected chi connectivity index (χ0v) is 12.1. The highest BCUT2D eigenvalue weighted by molar-refractivity contribution is 5.36. The third kappa shape index (κ3) is 4.70. The van der Waals surface area contributed by atoms with Gasteiger partial charge in [0, 0.05) is 0 Å². The van der Waals surface area contributed by atoms with Crippen molar-refractivity contribution in [1.82, 2.24) is 0 Å². The summed E-state index contributed by atoms with van der Waals surface area (Å²) in [6, 6.07) is 14.1. The van der Waals surface area contributed by atoms with Crippen LogP contribution in [0.2, 0.25) is 0 Å². The number of nitrogens with zero attached hydrogens (tertiary/aromatic N) is 2. The molecule has 0 radical (unpaired) electrons. The largest absolute Gasteiger partial charge is 0.491 e. The molecule has 0 aliphatic carbocycles. The maximum atomic E-state index is 13.6. The predicted octanol–water partition coefficient (Wildman–Crippen LogP) is 2.39. The zero-order chi connectivity index (χ0) is 16.7. The van der Waals surface area contributed by atoms with Gasteiger partial charge in [0.15, 0.2) is 11.6 Å². The van der Waals surface area contributed by atoms with Crippen LogP contribution in [-0.2, 0) is 0 Å². The van der Waals surface area contributed by atoms with Crippen molar-refractivity contribution in [1.29, 1.82) is 10.5 Å². The van der Waals surface area contributed by atoms with Crippen molar-refractivity contribution >= 4 is 0 Å². The van der Waals surface area contributed by atoms with Crippen LogP contribution in [0.4, 0.5) is 4.39 Å². The molecule has 116 valence electrons. The lowest BCUT2D eigenvalue weighted by molar-refractivity contribution is 0.0612. The summed E-state index contributed by atoms with van der Waals surface area (Å²) in [4.78, 5) is 0. The van der Waals surface area contributed by atoms with Crippen molar-refractivity contribution < 1.29 is 19.0 Å². The minimum atomic E-state index is -0.958. The van der Waals surface area contributed by atoms with Gasteiger partial charge >= 0.3 is 0 Å². The van der Waals surface area contributed by atoms with Gasteiger partial charge in [-0.25, -0.2) is 4.39 Å². The van der Waals surface area contributed by atoms with Gasteiger partial charge in [0.25, 0.3) is 0 Å². The third-order valence-electron chi connectivity index (χ3n) is 2.92. The Morgan fingerprint density at radius 1 is 0.957 bits per heavy atom. The van der Waals surface area contributed by atoms with Crippen LogP contribution in [0.3, 0.4) is 0 Å². The number of hydrogen-bond donors (Lipinski definition) is 1. The lowest BCUT2D eigenvalue weighted by Crippen LogP contribution is -2.25. The number of nitriles is 2. The van der Waals surface area contributed by atoms with Crippen LogP contribution in [0.15, 0.2) is 42.5 Å². The van der Waals surface area contributed by atoms with E-state index >= 15 is 0 Å². The van der Waals surface area contributed by atoms with Crippen molar-refractivity contribution in [2.24, 2.45) is 0 Å². The maximum Gasteiger partial charge on any atom is 0.166 e. The van der Waals surface area contributed by atoms with Gasteiger partial charge in [-0.05, 0) is 42.5 Å². The first-order chi connectivity index (χ1) is 11.1. The minimum absolute atomic E-state index is 0.0379. The van der Waals surface area contributed by atoms with Gasteiger partial charge < -0.3 is 14.6 Å². The van der Waals surface area contributed by atoms with E-state index in [1.54, 1.807) is 24.3 Å². The topological polar surface area (TPSA) is 86.3 Å². The lowest BCUT2D eigenvalue weighted by Gasteiger charge is -2.14. The summed E-state index contributed by atoms with van der Waals surface area (Å²) in [6.45, 7) is -0.192. The van der Waals surface area contributed by atoms with Crippen molar-refractivity contribution in [2.45, 2.75) is 6.10 Å². The fourth-order valence-corrected chi connectivity index (χ4v) is 1.74. The molecule has 1 atom stereocenters. The SMILES string of the molecule is N#Cc1ccc(OCC(O)COc2ccc(C#N)cc2F)cc1. The molecule has 0 heterocycles. The number of benzene rings is 2. The number of aliphatic hydroxyl groups is 1. The van der Waals surface area contributed by atoms with E-state index in [1.807, 2.05) is 12.1 Å². The van der Waals surface area contributed by atoms with Gasteiger partial charge in [-0.2, -0.15) is 10.5 Å². The Kier molecular flexibility index (Phi) is 5.51. The number of halogens is 1. The number of ether oxygens (including phenoxy) is 2. The molecule has 0 aliphatic heterocycles. The molecule has 2 aromatic rings. The smallest absolute Gasteiger partial charge is 0.166 e. The van der Waals surface area contributed by atoms with Crippen LogP contribution in [0.5, 0.6) is 11.5 Å². The first kappa shape index (κ1) is 16.3. The van der Waals surface area contributed by atoms with Crippen LogP contribution < -0.4 is 9.47 Å². The number of hydrogen-bond acceptors (Lipinski definition) is 5. The Labute approximate surface area is 132 Å². The molecule has 0 aromatic heterocycles. The fourth-order valence-electron chi connectivity index (χ4n) is 1.74. The van der Waals surface area contributed by atoms with Crippen molar-refractivity contribution in [2.75, 3.05) is 13.2 Å². The van der Waals surface area contributed by atoms with Gasteiger partial charge in [0.05, 0.1) is 23.3 Å². The Hall–Kier alpha value is -3.09. The molecule has 6 heteroatoms. The second kappa shape index (κ2) is 7.79. The van der Waals surface area contributed by atoms with E-state index in [1.165, 1.54) is 12.1 Å². The molecule has 23 heavy (non-hydrogen) atoms. The summed E-state index contributed by atoms with van der Waals surface area (Å²) < 4.78 is 24.1. The highest BCUT2D eigenvalue weighted by Crippen LogP contribution is 2.18. The molecule has 0 spiro atoms. The van der Waals surface area contributed by atoms with Gasteiger partial charge in [0.2, 0.25) is 0 Å². The molecule has 0 amide bonds. The summed E-state index contributed by atoms with van der Waals surface area (Å²) in [5, 5.41) is 27.1. The average molecular weight is 312 g/mol. The fraction of sp³-hybridized carbons (Fsp3) is 0.176. The monoisotopic (exact) mass is 312 g/mol. The van der Waals surface area contributed by atoms with Crippen LogP contribution in [0.1, 0.15) is 11.1 Å². The van der Waals surface area contributed by atoms with Crippen molar-refractivity contribution in [3.63, 3.8) is 0 Å². The molecule has 0 aliphatic rings. The van der Waals surface area contributed by atoms with Crippen LogP contribution >= 0.6 is 0 Å². The Morgan fingerprint density at radius 3 is 2.17 bits per heavy atom. The molecule has 0 saturated carbocycles. The first-order valence-corrected chi connectivity index (χ1v) is 6.76. The number of rotatable bonds is 6. The third-order valence-corrected chi connectivity index (χ3v) is 2.92. The predicted molar refractivity (Wildman–Crippen MR) is 79.3 cm³/mol. The molecule has 1 N–H and O–H groups in total. The van der Waals surface area contributed by atoms with Gasteiger partial charge in [0.1, 0.15) is 25.1 Å². The zero-order valence-electron chi connectivity index (χ0n) is 12.1. The molecular formula is C17H13FN2O3. The molecule has 5 nitrogen and oxygen atoms in total. The maximum absolute atomic E-state index is 13.6. The van der Waals surface area contributed by atoms with Gasteiger partial charge in [-0.3, -0.25) is 0 Å². The van der Waals surface area contributed by atoms with Crippen LogP contribution in [0.25, 0.3) is 0 Å². The second-order valence-corrected chi connectivity index (χ2v) is 4.67. The van der Waals surface area contributed by atoms with Crippen molar-refractivity contribution in [3.05, 3.63) is 59.4 Å². The van der Waals surface area contributed by atoms with Gasteiger partial charge in [-0.15, -0.1) is 0 Å². The molecule has 2 aromatic carbocycles. The average Bonchev–Trinajstić information content (AvgIpc) is 2.59. The normalized spacial score (nSPS) is 11.1.